The molecule has 2 N–H and O–H groups in total. The van der Waals surface area contributed by atoms with E-state index in [1.165, 1.54) is 4.90 Å². The highest BCUT2D eigenvalue weighted by molar-refractivity contribution is 4.89. The maximum absolute atomic E-state index is 12.2. The molecule has 0 radical (unpaired) electrons. The van der Waals surface area contributed by atoms with Gasteiger partial charge in [0.1, 0.15) is 0 Å². The lowest BCUT2D eigenvalue weighted by Gasteiger charge is -2.28. The molecule has 2 nitrogen and oxygen atoms in total. The first-order chi connectivity index (χ1) is 7.35. The summed E-state index contributed by atoms with van der Waals surface area (Å²) in [4.78, 5) is 1.42. The molecule has 0 heterocycles. The molecular formula is C11H21F3N2. The summed E-state index contributed by atoms with van der Waals surface area (Å²) in [7, 11) is 0. The Labute approximate surface area is 95.0 Å². The van der Waals surface area contributed by atoms with Gasteiger partial charge >= 0.3 is 6.18 Å². The fraction of sp³-hybridized carbons (Fsp3) is 1.00. The molecule has 1 fully saturated rings. The zero-order valence-corrected chi connectivity index (χ0v) is 9.82. The third kappa shape index (κ3) is 4.70. The second-order valence-corrected chi connectivity index (χ2v) is 4.80. The Morgan fingerprint density at radius 2 is 1.81 bits per heavy atom. The van der Waals surface area contributed by atoms with Crippen molar-refractivity contribution in [3.63, 3.8) is 0 Å². The first-order valence-electron chi connectivity index (χ1n) is 5.93. The highest BCUT2D eigenvalue weighted by atomic mass is 19.4. The van der Waals surface area contributed by atoms with E-state index < -0.39 is 12.7 Å². The standard InChI is InChI=1S/C11H21F3N2/c1-2-16(9-11(12,13)14)8-7-10(15)5-3-4-6-10/h2-9,15H2,1H3. The van der Waals surface area contributed by atoms with E-state index in [0.29, 0.717) is 19.5 Å². The van der Waals surface area contributed by atoms with Crippen LogP contribution < -0.4 is 5.73 Å². The number of halogens is 3. The lowest BCUT2D eigenvalue weighted by atomic mass is 9.94. The van der Waals surface area contributed by atoms with E-state index in [0.717, 1.165) is 25.7 Å². The highest BCUT2D eigenvalue weighted by Gasteiger charge is 2.33. The average Bonchev–Trinajstić information content (AvgIpc) is 2.58. The molecule has 1 aliphatic rings. The molecule has 96 valence electrons. The van der Waals surface area contributed by atoms with Crippen molar-refractivity contribution < 1.29 is 13.2 Å². The molecule has 0 unspecified atom stereocenters. The minimum atomic E-state index is -4.10. The Kier molecular flexibility index (Phi) is 4.62. The van der Waals surface area contributed by atoms with Crippen LogP contribution >= 0.6 is 0 Å². The van der Waals surface area contributed by atoms with Crippen LogP contribution in [-0.2, 0) is 0 Å². The molecule has 5 heteroatoms. The van der Waals surface area contributed by atoms with Crippen LogP contribution in [0.15, 0.2) is 0 Å². The van der Waals surface area contributed by atoms with Gasteiger partial charge in [0.15, 0.2) is 0 Å². The number of hydrogen-bond acceptors (Lipinski definition) is 2. The predicted octanol–water partition coefficient (Wildman–Crippen LogP) is 2.53. The lowest BCUT2D eigenvalue weighted by molar-refractivity contribution is -0.145. The Morgan fingerprint density at radius 3 is 2.25 bits per heavy atom. The van der Waals surface area contributed by atoms with Crippen molar-refractivity contribution in [1.29, 1.82) is 0 Å². The van der Waals surface area contributed by atoms with Gasteiger partial charge in [0.2, 0.25) is 0 Å². The summed E-state index contributed by atoms with van der Waals surface area (Å²) >= 11 is 0. The van der Waals surface area contributed by atoms with Crippen molar-refractivity contribution in [2.24, 2.45) is 5.73 Å². The van der Waals surface area contributed by atoms with Gasteiger partial charge < -0.3 is 5.73 Å². The van der Waals surface area contributed by atoms with Crippen molar-refractivity contribution >= 4 is 0 Å². The maximum Gasteiger partial charge on any atom is 0.401 e. The van der Waals surface area contributed by atoms with Crippen molar-refractivity contribution in [2.75, 3.05) is 19.6 Å². The second-order valence-electron chi connectivity index (χ2n) is 4.80. The van der Waals surface area contributed by atoms with E-state index in [2.05, 4.69) is 0 Å². The maximum atomic E-state index is 12.2. The normalized spacial score (nSPS) is 20.6. The van der Waals surface area contributed by atoms with E-state index >= 15 is 0 Å². The van der Waals surface area contributed by atoms with Gasteiger partial charge in [-0.1, -0.05) is 19.8 Å². The summed E-state index contributed by atoms with van der Waals surface area (Å²) in [5.41, 5.74) is 5.91. The van der Waals surface area contributed by atoms with Gasteiger partial charge in [-0.3, -0.25) is 4.90 Å². The van der Waals surface area contributed by atoms with Gasteiger partial charge in [0.25, 0.3) is 0 Å². The van der Waals surface area contributed by atoms with Gasteiger partial charge in [0.05, 0.1) is 6.54 Å². The van der Waals surface area contributed by atoms with Crippen molar-refractivity contribution in [3.8, 4) is 0 Å². The lowest BCUT2D eigenvalue weighted by Crippen LogP contribution is -2.42. The zero-order valence-electron chi connectivity index (χ0n) is 9.82. The summed E-state index contributed by atoms with van der Waals surface area (Å²) in [5, 5.41) is 0. The topological polar surface area (TPSA) is 29.3 Å². The number of rotatable bonds is 5. The molecule has 0 aromatic heterocycles. The number of alkyl halides is 3. The largest absolute Gasteiger partial charge is 0.401 e. The van der Waals surface area contributed by atoms with Crippen LogP contribution in [0, 0.1) is 0 Å². The van der Waals surface area contributed by atoms with E-state index in [1.54, 1.807) is 6.92 Å². The third-order valence-electron chi connectivity index (χ3n) is 3.38. The number of nitrogens with zero attached hydrogens (tertiary/aromatic N) is 1. The van der Waals surface area contributed by atoms with Gasteiger partial charge in [-0.2, -0.15) is 13.2 Å². The smallest absolute Gasteiger partial charge is 0.325 e. The molecule has 0 saturated heterocycles. The number of nitrogens with two attached hydrogens (primary N) is 1. The van der Waals surface area contributed by atoms with Crippen LogP contribution in [0.4, 0.5) is 13.2 Å². The molecule has 1 saturated carbocycles. The summed E-state index contributed by atoms with van der Waals surface area (Å²) in [6, 6.07) is 0. The molecule has 16 heavy (non-hydrogen) atoms. The summed E-state index contributed by atoms with van der Waals surface area (Å²) in [6.07, 6.45) is 0.710. The van der Waals surface area contributed by atoms with Gasteiger partial charge in [0, 0.05) is 12.1 Å². The highest BCUT2D eigenvalue weighted by Crippen LogP contribution is 2.30. The van der Waals surface area contributed by atoms with Crippen LogP contribution in [0.25, 0.3) is 0 Å². The molecule has 0 aromatic carbocycles. The molecule has 0 atom stereocenters. The minimum Gasteiger partial charge on any atom is -0.325 e. The molecule has 0 bridgehead atoms. The van der Waals surface area contributed by atoms with E-state index in [4.69, 9.17) is 5.73 Å². The SMILES string of the molecule is CCN(CCC1(N)CCCC1)CC(F)(F)F. The van der Waals surface area contributed by atoms with Crippen molar-refractivity contribution in [3.05, 3.63) is 0 Å². The molecule has 1 aliphatic carbocycles. The van der Waals surface area contributed by atoms with E-state index in [1.807, 2.05) is 0 Å². The van der Waals surface area contributed by atoms with Gasteiger partial charge in [-0.05, 0) is 25.8 Å². The zero-order chi connectivity index (χ0) is 12.2. The van der Waals surface area contributed by atoms with Crippen molar-refractivity contribution in [2.45, 2.75) is 50.7 Å². The Bertz CT molecular complexity index is 210. The van der Waals surface area contributed by atoms with Crippen LogP contribution in [0.5, 0.6) is 0 Å². The first kappa shape index (κ1) is 13.8. The van der Waals surface area contributed by atoms with Crippen LogP contribution in [0.3, 0.4) is 0 Å². The van der Waals surface area contributed by atoms with Crippen molar-refractivity contribution in [1.82, 2.24) is 4.90 Å². The van der Waals surface area contributed by atoms with Crippen LogP contribution in [0.1, 0.15) is 39.0 Å². The fourth-order valence-electron chi connectivity index (χ4n) is 2.31. The quantitative estimate of drug-likeness (QED) is 0.797. The summed E-state index contributed by atoms with van der Waals surface area (Å²) in [5.74, 6) is 0. The first-order valence-corrected chi connectivity index (χ1v) is 5.93. The van der Waals surface area contributed by atoms with Crippen LogP contribution in [-0.4, -0.2) is 36.2 Å². The van der Waals surface area contributed by atoms with Gasteiger partial charge in [-0.25, -0.2) is 0 Å². The molecule has 1 rings (SSSR count). The van der Waals surface area contributed by atoms with E-state index in [-0.39, 0.29) is 5.54 Å². The minimum absolute atomic E-state index is 0.209. The summed E-state index contributed by atoms with van der Waals surface area (Å²) < 4.78 is 36.6. The van der Waals surface area contributed by atoms with Gasteiger partial charge in [-0.15, -0.1) is 0 Å². The molecule has 0 amide bonds. The van der Waals surface area contributed by atoms with Crippen LogP contribution in [0.2, 0.25) is 0 Å². The second kappa shape index (κ2) is 5.36. The number of hydrogen-bond donors (Lipinski definition) is 1. The predicted molar refractivity (Wildman–Crippen MR) is 58.2 cm³/mol. The molecule has 0 aromatic rings. The third-order valence-corrected chi connectivity index (χ3v) is 3.38. The van der Waals surface area contributed by atoms with E-state index in [9.17, 15) is 13.2 Å². The molecule has 0 spiro atoms. The Hall–Kier alpha value is -0.290. The monoisotopic (exact) mass is 238 g/mol. The Balaban J connectivity index is 2.33. The molecular weight excluding hydrogens is 217 g/mol. The summed E-state index contributed by atoms with van der Waals surface area (Å²) in [6.45, 7) is 1.81. The fourth-order valence-corrected chi connectivity index (χ4v) is 2.31. The average molecular weight is 238 g/mol. The Morgan fingerprint density at radius 1 is 1.25 bits per heavy atom. The molecule has 0 aliphatic heterocycles.